The molecule has 0 radical (unpaired) electrons. The summed E-state index contributed by atoms with van der Waals surface area (Å²) in [5.74, 6) is 1.21. The number of nitrogens with two attached hydrogens (primary N) is 1. The second-order valence-corrected chi connectivity index (χ2v) is 4.14. The van der Waals surface area contributed by atoms with E-state index < -0.39 is 0 Å². The average Bonchev–Trinajstić information content (AvgIpc) is 2.22. The topological polar surface area (TPSA) is 73.1 Å². The molecule has 2 rings (SSSR count). The third kappa shape index (κ3) is 2.56. The molecule has 1 aromatic rings. The van der Waals surface area contributed by atoms with Gasteiger partial charge >= 0.3 is 0 Å². The molecular weight excluding hydrogens is 192 g/mol. The first-order valence-electron chi connectivity index (χ1n) is 5.13. The molecule has 1 aliphatic heterocycles. The van der Waals surface area contributed by atoms with Crippen LogP contribution in [0, 0.1) is 0 Å². The molecule has 5 nitrogen and oxygen atoms in total. The molecule has 5 heteroatoms. The smallest absolute Gasteiger partial charge is 0.149 e. The van der Waals surface area contributed by atoms with Gasteiger partial charge in [0, 0.05) is 18.8 Å². The first-order valence-corrected chi connectivity index (χ1v) is 5.13. The molecule has 1 aromatic heterocycles. The van der Waals surface area contributed by atoms with Crippen molar-refractivity contribution in [1.29, 1.82) is 0 Å². The zero-order valence-electron chi connectivity index (χ0n) is 8.86. The fourth-order valence-corrected chi connectivity index (χ4v) is 1.67. The van der Waals surface area contributed by atoms with E-state index in [0.717, 1.165) is 31.9 Å². The van der Waals surface area contributed by atoms with Gasteiger partial charge in [0.15, 0.2) is 0 Å². The number of nitrogen functional groups attached to an aromatic ring is 1. The Morgan fingerprint density at radius 1 is 1.33 bits per heavy atom. The minimum absolute atomic E-state index is 0.0586. The van der Waals surface area contributed by atoms with E-state index in [0.29, 0.717) is 5.82 Å². The number of ether oxygens (including phenoxy) is 1. The van der Waals surface area contributed by atoms with E-state index in [1.807, 2.05) is 6.07 Å². The Balaban J connectivity index is 2.03. The lowest BCUT2D eigenvalue weighted by Crippen LogP contribution is -2.40. The van der Waals surface area contributed by atoms with Crippen molar-refractivity contribution in [1.82, 2.24) is 10.2 Å². The highest BCUT2D eigenvalue weighted by molar-refractivity contribution is 5.40. The molecule has 0 amide bonds. The van der Waals surface area contributed by atoms with Crippen LogP contribution in [-0.4, -0.2) is 29.0 Å². The normalized spacial score (nSPS) is 19.8. The Morgan fingerprint density at radius 3 is 2.67 bits per heavy atom. The number of nitrogens with one attached hydrogen (secondary N) is 1. The van der Waals surface area contributed by atoms with E-state index in [4.69, 9.17) is 10.5 Å². The lowest BCUT2D eigenvalue weighted by atomic mass is 9.92. The van der Waals surface area contributed by atoms with E-state index in [9.17, 15) is 0 Å². The minimum atomic E-state index is 0.0586. The SMILES string of the molecule is CC1(Nc2ccc(N)nn2)CCOCC1. The van der Waals surface area contributed by atoms with Crippen molar-refractivity contribution in [2.24, 2.45) is 0 Å². The third-order valence-corrected chi connectivity index (χ3v) is 2.71. The lowest BCUT2D eigenvalue weighted by Gasteiger charge is -2.34. The first-order chi connectivity index (χ1) is 7.18. The second kappa shape index (κ2) is 4.02. The third-order valence-electron chi connectivity index (χ3n) is 2.71. The number of hydrogen-bond acceptors (Lipinski definition) is 5. The molecule has 0 atom stereocenters. The number of anilines is 2. The standard InChI is InChI=1S/C10H16N4O/c1-10(4-6-15-7-5-10)12-9-3-2-8(11)13-14-9/h2-3H,4-7H2,1H3,(H2,11,13)(H,12,14). The predicted molar refractivity (Wildman–Crippen MR) is 58.5 cm³/mol. The van der Waals surface area contributed by atoms with Gasteiger partial charge in [-0.3, -0.25) is 0 Å². The fourth-order valence-electron chi connectivity index (χ4n) is 1.67. The molecule has 1 fully saturated rings. The summed E-state index contributed by atoms with van der Waals surface area (Å²) in [6, 6.07) is 3.60. The van der Waals surface area contributed by atoms with Crippen LogP contribution in [0.15, 0.2) is 12.1 Å². The van der Waals surface area contributed by atoms with Gasteiger partial charge in [0.1, 0.15) is 11.6 Å². The molecule has 0 aliphatic carbocycles. The molecule has 3 N–H and O–H groups in total. The van der Waals surface area contributed by atoms with E-state index >= 15 is 0 Å². The molecule has 0 bridgehead atoms. The fraction of sp³-hybridized carbons (Fsp3) is 0.600. The van der Waals surface area contributed by atoms with Gasteiger partial charge in [0.05, 0.1) is 0 Å². The Hall–Kier alpha value is -1.36. The summed E-state index contributed by atoms with van der Waals surface area (Å²) in [6.45, 7) is 3.77. The summed E-state index contributed by atoms with van der Waals surface area (Å²) in [7, 11) is 0. The molecule has 2 heterocycles. The Kier molecular flexibility index (Phi) is 2.73. The maximum atomic E-state index is 5.47. The summed E-state index contributed by atoms with van der Waals surface area (Å²) in [5.41, 5.74) is 5.53. The highest BCUT2D eigenvalue weighted by Crippen LogP contribution is 2.24. The van der Waals surface area contributed by atoms with Crippen molar-refractivity contribution < 1.29 is 4.74 Å². The van der Waals surface area contributed by atoms with Crippen molar-refractivity contribution >= 4 is 11.6 Å². The number of rotatable bonds is 2. The van der Waals surface area contributed by atoms with Gasteiger partial charge in [-0.25, -0.2) is 0 Å². The van der Waals surface area contributed by atoms with Crippen molar-refractivity contribution in [3.8, 4) is 0 Å². The molecule has 0 saturated carbocycles. The highest BCUT2D eigenvalue weighted by atomic mass is 16.5. The van der Waals surface area contributed by atoms with Crippen molar-refractivity contribution in [3.05, 3.63) is 12.1 Å². The molecule has 0 spiro atoms. The monoisotopic (exact) mass is 208 g/mol. The molecule has 82 valence electrons. The van der Waals surface area contributed by atoms with Gasteiger partial charge in [-0.2, -0.15) is 0 Å². The lowest BCUT2D eigenvalue weighted by molar-refractivity contribution is 0.0657. The second-order valence-electron chi connectivity index (χ2n) is 4.14. The van der Waals surface area contributed by atoms with Gasteiger partial charge in [-0.15, -0.1) is 10.2 Å². The maximum Gasteiger partial charge on any atom is 0.149 e. The van der Waals surface area contributed by atoms with E-state index in [1.165, 1.54) is 0 Å². The summed E-state index contributed by atoms with van der Waals surface area (Å²) in [6.07, 6.45) is 1.97. The van der Waals surface area contributed by atoms with E-state index in [-0.39, 0.29) is 5.54 Å². The number of hydrogen-bond donors (Lipinski definition) is 2. The van der Waals surface area contributed by atoms with Crippen LogP contribution in [-0.2, 0) is 4.74 Å². The summed E-state index contributed by atoms with van der Waals surface area (Å²) in [4.78, 5) is 0. The van der Waals surface area contributed by atoms with Crippen LogP contribution in [0.2, 0.25) is 0 Å². The number of nitrogens with zero attached hydrogens (tertiary/aromatic N) is 2. The van der Waals surface area contributed by atoms with Crippen LogP contribution < -0.4 is 11.1 Å². The number of aromatic nitrogens is 2. The summed E-state index contributed by atoms with van der Waals surface area (Å²) < 4.78 is 5.33. The zero-order valence-corrected chi connectivity index (χ0v) is 8.86. The summed E-state index contributed by atoms with van der Waals surface area (Å²) in [5, 5.41) is 11.2. The van der Waals surface area contributed by atoms with Crippen LogP contribution >= 0.6 is 0 Å². The average molecular weight is 208 g/mol. The van der Waals surface area contributed by atoms with E-state index in [2.05, 4.69) is 22.4 Å². The first kappa shape index (κ1) is 10.2. The quantitative estimate of drug-likeness (QED) is 0.759. The van der Waals surface area contributed by atoms with Gasteiger partial charge in [0.2, 0.25) is 0 Å². The van der Waals surface area contributed by atoms with Crippen LogP contribution in [0.1, 0.15) is 19.8 Å². The molecule has 1 aliphatic rings. The largest absolute Gasteiger partial charge is 0.382 e. The van der Waals surface area contributed by atoms with Crippen LogP contribution in [0.3, 0.4) is 0 Å². The Labute approximate surface area is 89.0 Å². The van der Waals surface area contributed by atoms with Crippen molar-refractivity contribution in [2.75, 3.05) is 24.3 Å². The van der Waals surface area contributed by atoms with Gasteiger partial charge in [-0.1, -0.05) is 0 Å². The Bertz CT molecular complexity index is 319. The van der Waals surface area contributed by atoms with Crippen molar-refractivity contribution in [3.63, 3.8) is 0 Å². The molecular formula is C10H16N4O. The van der Waals surface area contributed by atoms with Crippen LogP contribution in [0.25, 0.3) is 0 Å². The minimum Gasteiger partial charge on any atom is -0.382 e. The maximum absolute atomic E-state index is 5.47. The van der Waals surface area contributed by atoms with E-state index in [1.54, 1.807) is 6.07 Å². The molecule has 15 heavy (non-hydrogen) atoms. The highest BCUT2D eigenvalue weighted by Gasteiger charge is 2.27. The van der Waals surface area contributed by atoms with Crippen LogP contribution in [0.5, 0.6) is 0 Å². The van der Waals surface area contributed by atoms with Gasteiger partial charge in [0.25, 0.3) is 0 Å². The summed E-state index contributed by atoms with van der Waals surface area (Å²) >= 11 is 0. The van der Waals surface area contributed by atoms with Crippen molar-refractivity contribution in [2.45, 2.75) is 25.3 Å². The predicted octanol–water partition coefficient (Wildman–Crippen LogP) is 1.04. The molecule has 0 aromatic carbocycles. The molecule has 0 unspecified atom stereocenters. The zero-order chi connectivity index (χ0) is 10.7. The Morgan fingerprint density at radius 2 is 2.07 bits per heavy atom. The van der Waals surface area contributed by atoms with Crippen LogP contribution in [0.4, 0.5) is 11.6 Å². The van der Waals surface area contributed by atoms with Gasteiger partial charge in [-0.05, 0) is 31.9 Å². The molecule has 1 saturated heterocycles. The van der Waals surface area contributed by atoms with Gasteiger partial charge < -0.3 is 15.8 Å².